The first-order valence-corrected chi connectivity index (χ1v) is 13.7. The Labute approximate surface area is 207 Å². The van der Waals surface area contributed by atoms with Crippen LogP contribution in [0.25, 0.3) is 0 Å². The van der Waals surface area contributed by atoms with E-state index in [2.05, 4.69) is 14.1 Å². The number of esters is 1. The van der Waals surface area contributed by atoms with Crippen molar-refractivity contribution in [3.8, 4) is 0 Å². The third kappa shape index (κ3) is 25.0. The number of carboxylic acids is 2. The number of aliphatic carboxylic acids is 2. The summed E-state index contributed by atoms with van der Waals surface area (Å²) in [5.41, 5.74) is 0. The van der Waals surface area contributed by atoms with E-state index in [4.69, 9.17) is 14.9 Å². The van der Waals surface area contributed by atoms with Crippen molar-refractivity contribution in [1.82, 2.24) is 0 Å². The van der Waals surface area contributed by atoms with E-state index in [1.165, 1.54) is 24.2 Å². The van der Waals surface area contributed by atoms with E-state index in [0.717, 1.165) is 96.4 Å². The summed E-state index contributed by atoms with van der Waals surface area (Å²) in [6, 6.07) is 0. The van der Waals surface area contributed by atoms with Crippen molar-refractivity contribution in [2.75, 3.05) is 20.6 Å². The second kappa shape index (κ2) is 23.1. The molecular weight excluding hydrogens is 434 g/mol. The fraction of sp³-hybridized carbons (Fsp3) is 0.889. The van der Waals surface area contributed by atoms with Crippen molar-refractivity contribution in [1.29, 1.82) is 0 Å². The van der Waals surface area contributed by atoms with Crippen molar-refractivity contribution in [3.63, 3.8) is 0 Å². The topological polar surface area (TPSA) is 105 Å². The average molecular weight is 487 g/mol. The molecule has 1 atom stereocenters. The van der Waals surface area contributed by atoms with Gasteiger partial charge in [0.05, 0.1) is 27.1 Å². The Morgan fingerprint density at radius 2 is 0.971 bits per heavy atom. The van der Waals surface area contributed by atoms with Gasteiger partial charge in [-0.3, -0.25) is 14.4 Å². The van der Waals surface area contributed by atoms with Gasteiger partial charge >= 0.3 is 17.9 Å². The van der Waals surface area contributed by atoms with Gasteiger partial charge in [0.1, 0.15) is 6.10 Å². The first-order valence-electron chi connectivity index (χ1n) is 13.7. The lowest BCUT2D eigenvalue weighted by Gasteiger charge is -2.18. The highest BCUT2D eigenvalue weighted by Gasteiger charge is 2.14. The predicted octanol–water partition coefficient (Wildman–Crippen LogP) is 5.01. The van der Waals surface area contributed by atoms with Gasteiger partial charge in [0.25, 0.3) is 0 Å². The molecule has 0 rings (SSSR count). The van der Waals surface area contributed by atoms with E-state index in [-0.39, 0.29) is 24.9 Å². The third-order valence-corrected chi connectivity index (χ3v) is 6.19. The number of rotatable bonds is 25. The fourth-order valence-electron chi connectivity index (χ4n) is 4.16. The van der Waals surface area contributed by atoms with E-state index in [1.807, 2.05) is 0 Å². The molecule has 0 aliphatic carbocycles. The van der Waals surface area contributed by atoms with Gasteiger partial charge in [-0.05, 0) is 38.5 Å². The summed E-state index contributed by atoms with van der Waals surface area (Å²) in [6.07, 6.45) is 18.5. The van der Waals surface area contributed by atoms with Crippen molar-refractivity contribution >= 4 is 17.9 Å². The molecule has 3 N–H and O–H groups in total. The molecular formula is C27H52NO6+. The zero-order chi connectivity index (χ0) is 25.4. The molecule has 0 radical (unpaired) electrons. The lowest BCUT2D eigenvalue weighted by Crippen LogP contribution is -3.05. The summed E-state index contributed by atoms with van der Waals surface area (Å²) in [5, 5.41) is 17.3. The summed E-state index contributed by atoms with van der Waals surface area (Å²) in [7, 11) is 4.18. The first kappa shape index (κ1) is 32.4. The predicted molar refractivity (Wildman–Crippen MR) is 135 cm³/mol. The van der Waals surface area contributed by atoms with Crippen LogP contribution in [0.4, 0.5) is 0 Å². The van der Waals surface area contributed by atoms with E-state index in [0.29, 0.717) is 6.42 Å². The van der Waals surface area contributed by atoms with E-state index < -0.39 is 11.9 Å². The number of carboxylic acid groups (broad SMARTS) is 2. The molecule has 0 aromatic heterocycles. The number of hydrogen-bond donors (Lipinski definition) is 3. The summed E-state index contributed by atoms with van der Waals surface area (Å²) < 4.78 is 5.83. The number of ether oxygens (including phenoxy) is 1. The normalized spacial score (nSPS) is 12.1. The standard InChI is InChI=1S/C27H51NO6/c1-28(2)23-17-22-27(33)34-24(19-14-10-7-8-12-16-21-26(31)32)18-13-9-5-3-4-6-11-15-20-25(29)30/h24H,3-23H2,1-2H3,(H,29,30)(H,31,32)/p+1. The van der Waals surface area contributed by atoms with Gasteiger partial charge in [0, 0.05) is 19.3 Å². The van der Waals surface area contributed by atoms with Crippen molar-refractivity contribution in [2.45, 2.75) is 135 Å². The highest BCUT2D eigenvalue weighted by Crippen LogP contribution is 2.18. The maximum Gasteiger partial charge on any atom is 0.306 e. The second-order valence-electron chi connectivity index (χ2n) is 9.99. The van der Waals surface area contributed by atoms with E-state index >= 15 is 0 Å². The minimum atomic E-state index is -0.715. The molecule has 0 heterocycles. The van der Waals surface area contributed by atoms with Crippen LogP contribution in [0, 0.1) is 0 Å². The molecule has 0 aliphatic heterocycles. The summed E-state index contributed by atoms with van der Waals surface area (Å²) >= 11 is 0. The molecule has 0 amide bonds. The Balaban J connectivity index is 4.03. The maximum atomic E-state index is 12.3. The van der Waals surface area contributed by atoms with Gasteiger partial charge < -0.3 is 19.8 Å². The molecule has 0 saturated carbocycles. The molecule has 0 fully saturated rings. The Kier molecular flexibility index (Phi) is 22.0. The van der Waals surface area contributed by atoms with Gasteiger partial charge in [-0.15, -0.1) is 0 Å². The highest BCUT2D eigenvalue weighted by molar-refractivity contribution is 5.69. The Hall–Kier alpha value is -1.63. The highest BCUT2D eigenvalue weighted by atomic mass is 16.5. The van der Waals surface area contributed by atoms with Crippen LogP contribution in [-0.4, -0.2) is 54.9 Å². The SMILES string of the molecule is C[NH+](C)CCCC(=O)OC(CCCCCCCCCCC(=O)O)CCCCCCCCC(=O)O. The molecule has 0 aliphatic rings. The summed E-state index contributed by atoms with van der Waals surface area (Å²) in [4.78, 5) is 34.7. The molecule has 7 nitrogen and oxygen atoms in total. The molecule has 0 aromatic carbocycles. The molecule has 0 saturated heterocycles. The second-order valence-corrected chi connectivity index (χ2v) is 9.99. The van der Waals surface area contributed by atoms with Gasteiger partial charge in [-0.1, -0.05) is 64.2 Å². The van der Waals surface area contributed by atoms with Crippen molar-refractivity contribution in [3.05, 3.63) is 0 Å². The van der Waals surface area contributed by atoms with Crippen molar-refractivity contribution < 1.29 is 34.2 Å². The first-order chi connectivity index (χ1) is 16.3. The van der Waals surface area contributed by atoms with Crippen LogP contribution in [0.2, 0.25) is 0 Å². The molecule has 34 heavy (non-hydrogen) atoms. The third-order valence-electron chi connectivity index (χ3n) is 6.19. The molecule has 0 bridgehead atoms. The van der Waals surface area contributed by atoms with Gasteiger partial charge in [-0.25, -0.2) is 0 Å². The number of carbonyl (C=O) groups is 3. The molecule has 200 valence electrons. The monoisotopic (exact) mass is 486 g/mol. The minimum Gasteiger partial charge on any atom is -0.481 e. The quantitative estimate of drug-likeness (QED) is 0.124. The number of unbranched alkanes of at least 4 members (excludes halogenated alkanes) is 12. The largest absolute Gasteiger partial charge is 0.481 e. The smallest absolute Gasteiger partial charge is 0.306 e. The minimum absolute atomic E-state index is 0.0160. The zero-order valence-electron chi connectivity index (χ0n) is 22.0. The molecule has 0 spiro atoms. The Morgan fingerprint density at radius 1 is 0.588 bits per heavy atom. The summed E-state index contributed by atoms with van der Waals surface area (Å²) in [5.74, 6) is -1.49. The number of quaternary nitrogens is 1. The zero-order valence-corrected chi connectivity index (χ0v) is 22.0. The van der Waals surface area contributed by atoms with Crippen LogP contribution in [-0.2, 0) is 19.1 Å². The fourth-order valence-corrected chi connectivity index (χ4v) is 4.16. The number of carbonyl (C=O) groups excluding carboxylic acids is 1. The van der Waals surface area contributed by atoms with Gasteiger partial charge in [0.2, 0.25) is 0 Å². The van der Waals surface area contributed by atoms with Crippen LogP contribution in [0.1, 0.15) is 128 Å². The average Bonchev–Trinajstić information content (AvgIpc) is 2.75. The Bertz CT molecular complexity index is 523. The van der Waals surface area contributed by atoms with Gasteiger partial charge in [-0.2, -0.15) is 0 Å². The number of hydrogen-bond acceptors (Lipinski definition) is 4. The van der Waals surface area contributed by atoms with E-state index in [1.54, 1.807) is 0 Å². The van der Waals surface area contributed by atoms with Crippen LogP contribution in [0.15, 0.2) is 0 Å². The van der Waals surface area contributed by atoms with Crippen LogP contribution >= 0.6 is 0 Å². The Morgan fingerprint density at radius 3 is 1.35 bits per heavy atom. The molecule has 1 unspecified atom stereocenters. The van der Waals surface area contributed by atoms with E-state index in [9.17, 15) is 14.4 Å². The lowest BCUT2D eigenvalue weighted by atomic mass is 10.0. The van der Waals surface area contributed by atoms with Crippen LogP contribution < -0.4 is 4.90 Å². The summed E-state index contributed by atoms with van der Waals surface area (Å²) in [6.45, 7) is 0.970. The van der Waals surface area contributed by atoms with Crippen LogP contribution in [0.3, 0.4) is 0 Å². The van der Waals surface area contributed by atoms with Gasteiger partial charge in [0.15, 0.2) is 0 Å². The molecule has 7 heteroatoms. The lowest BCUT2D eigenvalue weighted by molar-refractivity contribution is -0.858. The van der Waals surface area contributed by atoms with Crippen molar-refractivity contribution in [2.24, 2.45) is 0 Å². The number of nitrogens with one attached hydrogen (secondary N) is 1. The maximum absolute atomic E-state index is 12.3. The van der Waals surface area contributed by atoms with Crippen LogP contribution in [0.5, 0.6) is 0 Å². The molecule has 0 aromatic rings.